The van der Waals surface area contributed by atoms with Gasteiger partial charge in [0.1, 0.15) is 5.82 Å². The van der Waals surface area contributed by atoms with E-state index in [-0.39, 0.29) is 11.7 Å². The number of carbonyl (C=O) groups excluding carboxylic acids is 1. The summed E-state index contributed by atoms with van der Waals surface area (Å²) in [7, 11) is 0. The molecule has 1 saturated heterocycles. The van der Waals surface area contributed by atoms with E-state index in [9.17, 15) is 14.3 Å². The molecule has 2 heterocycles. The van der Waals surface area contributed by atoms with Gasteiger partial charge >= 0.3 is 0 Å². The Morgan fingerprint density at radius 2 is 2.04 bits per heavy atom. The number of hydrogen-bond acceptors (Lipinski definition) is 3. The molecule has 1 amide bonds. The fraction of sp³-hybridized carbons (Fsp3) is 0.350. The molecule has 0 aromatic heterocycles. The van der Waals surface area contributed by atoms with Crippen LogP contribution in [0.1, 0.15) is 18.4 Å². The second kappa shape index (κ2) is 6.24. The molecule has 0 spiro atoms. The van der Waals surface area contributed by atoms with E-state index in [0.717, 1.165) is 41.8 Å². The predicted molar refractivity (Wildman–Crippen MR) is 94.9 cm³/mol. The highest BCUT2D eigenvalue weighted by Gasteiger charge is 2.42. The van der Waals surface area contributed by atoms with Gasteiger partial charge in [0, 0.05) is 18.8 Å². The number of piperidine rings is 1. The van der Waals surface area contributed by atoms with E-state index in [1.165, 1.54) is 12.1 Å². The Labute approximate surface area is 146 Å². The minimum Gasteiger partial charge on any atom is -0.379 e. The van der Waals surface area contributed by atoms with Crippen LogP contribution in [0.4, 0.5) is 10.1 Å². The quantitative estimate of drug-likeness (QED) is 0.883. The van der Waals surface area contributed by atoms with Crippen molar-refractivity contribution >= 4 is 11.6 Å². The minimum atomic E-state index is -1.32. The zero-order valence-electron chi connectivity index (χ0n) is 14.0. The fourth-order valence-corrected chi connectivity index (χ4v) is 3.78. The Morgan fingerprint density at radius 3 is 2.80 bits per heavy atom. The van der Waals surface area contributed by atoms with Gasteiger partial charge in [0.2, 0.25) is 0 Å². The standard InChI is InChI=1S/C20H21FN2O2/c21-17-4-1-3-14(12-17)15-5-6-18-16(11-15)7-10-23(18)19(24)20(25)8-2-9-22-13-20/h1,3-6,11-12,22,25H,2,7-10,13H2. The molecule has 2 N–H and O–H groups in total. The number of rotatable bonds is 2. The number of anilines is 1. The Morgan fingerprint density at radius 1 is 1.20 bits per heavy atom. The molecule has 0 aliphatic carbocycles. The molecule has 4 rings (SSSR count). The Kier molecular flexibility index (Phi) is 4.06. The molecule has 5 heteroatoms. The van der Waals surface area contributed by atoms with Crippen LogP contribution in [0.3, 0.4) is 0 Å². The summed E-state index contributed by atoms with van der Waals surface area (Å²) < 4.78 is 13.5. The summed E-state index contributed by atoms with van der Waals surface area (Å²) in [5.41, 5.74) is 2.35. The molecule has 2 aromatic carbocycles. The lowest BCUT2D eigenvalue weighted by Gasteiger charge is -2.34. The monoisotopic (exact) mass is 340 g/mol. The topological polar surface area (TPSA) is 52.6 Å². The van der Waals surface area contributed by atoms with Gasteiger partial charge in [-0.3, -0.25) is 4.79 Å². The van der Waals surface area contributed by atoms with Crippen molar-refractivity contribution in [2.24, 2.45) is 0 Å². The SMILES string of the molecule is O=C(N1CCc2cc(-c3cccc(F)c3)ccc21)C1(O)CCCNC1. The number of amides is 1. The van der Waals surface area contributed by atoms with Gasteiger partial charge in [-0.15, -0.1) is 0 Å². The molecule has 1 fully saturated rings. The molecule has 130 valence electrons. The molecule has 1 atom stereocenters. The molecule has 0 bridgehead atoms. The van der Waals surface area contributed by atoms with Crippen LogP contribution in [-0.2, 0) is 11.2 Å². The maximum Gasteiger partial charge on any atom is 0.260 e. The van der Waals surface area contributed by atoms with Gasteiger partial charge in [0.15, 0.2) is 5.60 Å². The molecule has 1 unspecified atom stereocenters. The smallest absolute Gasteiger partial charge is 0.260 e. The van der Waals surface area contributed by atoms with Crippen LogP contribution >= 0.6 is 0 Å². The van der Waals surface area contributed by atoms with E-state index in [1.807, 2.05) is 24.3 Å². The first-order valence-electron chi connectivity index (χ1n) is 8.71. The van der Waals surface area contributed by atoms with E-state index in [2.05, 4.69) is 5.32 Å². The highest BCUT2D eigenvalue weighted by atomic mass is 19.1. The molecule has 25 heavy (non-hydrogen) atoms. The van der Waals surface area contributed by atoms with Gasteiger partial charge in [-0.05, 0) is 66.8 Å². The van der Waals surface area contributed by atoms with E-state index >= 15 is 0 Å². The van der Waals surface area contributed by atoms with Gasteiger partial charge < -0.3 is 15.3 Å². The van der Waals surface area contributed by atoms with Crippen molar-refractivity contribution in [2.45, 2.75) is 24.9 Å². The van der Waals surface area contributed by atoms with Crippen LogP contribution in [0.5, 0.6) is 0 Å². The summed E-state index contributed by atoms with van der Waals surface area (Å²) in [6.07, 6.45) is 2.03. The molecule has 0 radical (unpaired) electrons. The summed E-state index contributed by atoms with van der Waals surface area (Å²) in [6, 6.07) is 12.3. The molecular weight excluding hydrogens is 319 g/mol. The summed E-state index contributed by atoms with van der Waals surface area (Å²) >= 11 is 0. The van der Waals surface area contributed by atoms with Crippen molar-refractivity contribution in [1.29, 1.82) is 0 Å². The number of nitrogens with one attached hydrogen (secondary N) is 1. The third-order valence-electron chi connectivity index (χ3n) is 5.14. The van der Waals surface area contributed by atoms with Crippen LogP contribution < -0.4 is 10.2 Å². The normalized spacial score (nSPS) is 22.7. The van der Waals surface area contributed by atoms with E-state index in [4.69, 9.17) is 0 Å². The van der Waals surface area contributed by atoms with Crippen LogP contribution in [-0.4, -0.2) is 36.2 Å². The Bertz CT molecular complexity index is 815. The number of hydrogen-bond donors (Lipinski definition) is 2. The third kappa shape index (κ3) is 2.94. The maximum absolute atomic E-state index is 13.5. The highest BCUT2D eigenvalue weighted by Crippen LogP contribution is 2.34. The number of benzene rings is 2. The van der Waals surface area contributed by atoms with Gasteiger partial charge in [0.05, 0.1) is 0 Å². The van der Waals surface area contributed by atoms with Crippen molar-refractivity contribution < 1.29 is 14.3 Å². The lowest BCUT2D eigenvalue weighted by atomic mass is 9.92. The van der Waals surface area contributed by atoms with Gasteiger partial charge in [0.25, 0.3) is 5.91 Å². The maximum atomic E-state index is 13.5. The van der Waals surface area contributed by atoms with Crippen molar-refractivity contribution in [1.82, 2.24) is 5.32 Å². The van der Waals surface area contributed by atoms with Gasteiger partial charge in [-0.1, -0.05) is 18.2 Å². The molecule has 2 aliphatic heterocycles. The van der Waals surface area contributed by atoms with Crippen molar-refractivity contribution in [3.8, 4) is 11.1 Å². The van der Waals surface area contributed by atoms with E-state index in [1.54, 1.807) is 11.0 Å². The summed E-state index contributed by atoms with van der Waals surface area (Å²) in [5, 5.41) is 13.8. The first-order valence-corrected chi connectivity index (χ1v) is 8.71. The number of nitrogens with zero attached hydrogens (tertiary/aromatic N) is 1. The first-order chi connectivity index (χ1) is 12.1. The van der Waals surface area contributed by atoms with E-state index in [0.29, 0.717) is 19.5 Å². The van der Waals surface area contributed by atoms with Crippen molar-refractivity contribution in [3.05, 3.63) is 53.8 Å². The second-order valence-corrected chi connectivity index (χ2v) is 6.87. The molecule has 0 saturated carbocycles. The van der Waals surface area contributed by atoms with Crippen molar-refractivity contribution in [3.63, 3.8) is 0 Å². The molecular formula is C20H21FN2O2. The average Bonchev–Trinajstić information content (AvgIpc) is 3.04. The Hall–Kier alpha value is -2.24. The first kappa shape index (κ1) is 16.2. The lowest BCUT2D eigenvalue weighted by molar-refractivity contribution is -0.138. The zero-order chi connectivity index (χ0) is 17.4. The van der Waals surface area contributed by atoms with Crippen LogP contribution in [0.15, 0.2) is 42.5 Å². The molecule has 2 aromatic rings. The molecule has 2 aliphatic rings. The van der Waals surface area contributed by atoms with Crippen LogP contribution in [0.2, 0.25) is 0 Å². The van der Waals surface area contributed by atoms with Crippen molar-refractivity contribution in [2.75, 3.05) is 24.5 Å². The third-order valence-corrected chi connectivity index (χ3v) is 5.14. The summed E-state index contributed by atoms with van der Waals surface area (Å²) in [5.74, 6) is -0.487. The van der Waals surface area contributed by atoms with Crippen LogP contribution in [0, 0.1) is 5.82 Å². The number of fused-ring (bicyclic) bond motifs is 1. The highest BCUT2D eigenvalue weighted by molar-refractivity contribution is 6.01. The number of carbonyl (C=O) groups is 1. The minimum absolute atomic E-state index is 0.225. The second-order valence-electron chi connectivity index (χ2n) is 6.87. The van der Waals surface area contributed by atoms with Gasteiger partial charge in [-0.2, -0.15) is 0 Å². The summed E-state index contributed by atoms with van der Waals surface area (Å²) in [4.78, 5) is 14.6. The fourth-order valence-electron chi connectivity index (χ4n) is 3.78. The van der Waals surface area contributed by atoms with Gasteiger partial charge in [-0.25, -0.2) is 4.39 Å². The Balaban J connectivity index is 1.62. The summed E-state index contributed by atoms with van der Waals surface area (Å²) in [6.45, 7) is 1.71. The lowest BCUT2D eigenvalue weighted by Crippen LogP contribution is -2.57. The van der Waals surface area contributed by atoms with Crippen LogP contribution in [0.25, 0.3) is 11.1 Å². The average molecular weight is 340 g/mol. The largest absolute Gasteiger partial charge is 0.379 e. The number of aliphatic hydroxyl groups is 1. The zero-order valence-corrected chi connectivity index (χ0v) is 14.0. The number of β-amino-alcohol motifs (C(OH)–C–C–N with tert-alkyl or cyclic N) is 1. The predicted octanol–water partition coefficient (Wildman–Crippen LogP) is 2.50. The van der Waals surface area contributed by atoms with E-state index < -0.39 is 5.60 Å². The number of halogens is 1. The molecule has 4 nitrogen and oxygen atoms in total.